The zero-order chi connectivity index (χ0) is 24.9. The first-order valence-electron chi connectivity index (χ1n) is 11.6. The summed E-state index contributed by atoms with van der Waals surface area (Å²) in [5.41, 5.74) is 1.96. The van der Waals surface area contributed by atoms with E-state index in [9.17, 15) is 4.79 Å². The number of amides is 1. The average molecular weight is 484 g/mol. The lowest BCUT2D eigenvalue weighted by molar-refractivity contribution is 0.0944. The molecule has 9 nitrogen and oxygen atoms in total. The summed E-state index contributed by atoms with van der Waals surface area (Å²) >= 11 is 0. The maximum Gasteiger partial charge on any atom is 0.255 e. The Morgan fingerprint density at radius 2 is 1.78 bits per heavy atom. The van der Waals surface area contributed by atoms with Crippen LogP contribution in [0.1, 0.15) is 17.3 Å². The maximum atomic E-state index is 13.1. The number of methoxy groups -OCH3 is 1. The SMILES string of the molecule is CCOc1ccc2ccccc2c1C(=O)NCCOc1ccc2nnc(-c3ccc(OC)cc3)n2n1. The summed E-state index contributed by atoms with van der Waals surface area (Å²) in [7, 11) is 1.62. The highest BCUT2D eigenvalue weighted by Gasteiger charge is 2.16. The number of nitrogens with one attached hydrogen (secondary N) is 1. The molecule has 0 radical (unpaired) electrons. The number of benzene rings is 3. The van der Waals surface area contributed by atoms with Crippen molar-refractivity contribution in [1.82, 2.24) is 25.1 Å². The van der Waals surface area contributed by atoms with E-state index in [0.29, 0.717) is 41.8 Å². The van der Waals surface area contributed by atoms with Crippen molar-refractivity contribution in [2.24, 2.45) is 0 Å². The van der Waals surface area contributed by atoms with E-state index in [0.717, 1.165) is 22.1 Å². The highest BCUT2D eigenvalue weighted by molar-refractivity contribution is 6.09. The van der Waals surface area contributed by atoms with Crippen LogP contribution in [0.25, 0.3) is 27.8 Å². The van der Waals surface area contributed by atoms with Crippen molar-refractivity contribution in [3.8, 4) is 28.8 Å². The van der Waals surface area contributed by atoms with Crippen molar-refractivity contribution < 1.29 is 19.0 Å². The molecular formula is C27H25N5O4. The van der Waals surface area contributed by atoms with Crippen molar-refractivity contribution in [2.75, 3.05) is 26.9 Å². The van der Waals surface area contributed by atoms with Gasteiger partial charge >= 0.3 is 0 Å². The Labute approximate surface area is 207 Å². The van der Waals surface area contributed by atoms with Gasteiger partial charge in [-0.25, -0.2) is 0 Å². The van der Waals surface area contributed by atoms with Crippen LogP contribution in [0.3, 0.4) is 0 Å². The highest BCUT2D eigenvalue weighted by Crippen LogP contribution is 2.28. The molecule has 0 aliphatic rings. The number of carbonyl (C=O) groups is 1. The zero-order valence-electron chi connectivity index (χ0n) is 20.0. The summed E-state index contributed by atoms with van der Waals surface area (Å²) < 4.78 is 18.4. The number of hydrogen-bond donors (Lipinski definition) is 1. The fourth-order valence-electron chi connectivity index (χ4n) is 3.94. The third-order valence-corrected chi connectivity index (χ3v) is 5.64. The van der Waals surface area contributed by atoms with Crippen LogP contribution in [0.15, 0.2) is 72.8 Å². The second-order valence-corrected chi connectivity index (χ2v) is 7.89. The maximum absolute atomic E-state index is 13.1. The number of carbonyl (C=O) groups excluding carboxylic acids is 1. The van der Waals surface area contributed by atoms with Gasteiger partial charge in [-0.05, 0) is 54.1 Å². The lowest BCUT2D eigenvalue weighted by Crippen LogP contribution is -2.29. The first-order valence-corrected chi connectivity index (χ1v) is 11.6. The highest BCUT2D eigenvalue weighted by atomic mass is 16.5. The van der Waals surface area contributed by atoms with Gasteiger partial charge in [0.15, 0.2) is 11.5 Å². The van der Waals surface area contributed by atoms with Crippen LogP contribution in [0.2, 0.25) is 0 Å². The molecule has 3 aromatic carbocycles. The molecular weight excluding hydrogens is 458 g/mol. The Hall–Kier alpha value is -4.66. The van der Waals surface area contributed by atoms with Gasteiger partial charge in [-0.15, -0.1) is 15.3 Å². The van der Waals surface area contributed by atoms with Gasteiger partial charge in [-0.2, -0.15) is 4.52 Å². The Morgan fingerprint density at radius 1 is 0.944 bits per heavy atom. The minimum absolute atomic E-state index is 0.220. The van der Waals surface area contributed by atoms with Gasteiger partial charge < -0.3 is 19.5 Å². The lowest BCUT2D eigenvalue weighted by atomic mass is 10.0. The minimum atomic E-state index is -0.220. The van der Waals surface area contributed by atoms with Gasteiger partial charge in [-0.3, -0.25) is 4.79 Å². The van der Waals surface area contributed by atoms with E-state index >= 15 is 0 Å². The van der Waals surface area contributed by atoms with Gasteiger partial charge in [0.05, 0.1) is 25.8 Å². The number of fused-ring (bicyclic) bond motifs is 2. The van der Waals surface area contributed by atoms with E-state index in [-0.39, 0.29) is 12.5 Å². The van der Waals surface area contributed by atoms with Crippen molar-refractivity contribution >= 4 is 22.3 Å². The van der Waals surface area contributed by atoms with E-state index in [1.54, 1.807) is 23.8 Å². The molecule has 0 aliphatic heterocycles. The van der Waals surface area contributed by atoms with E-state index in [1.165, 1.54) is 0 Å². The molecule has 1 amide bonds. The first kappa shape index (κ1) is 23.1. The second-order valence-electron chi connectivity index (χ2n) is 7.89. The molecule has 0 aliphatic carbocycles. The molecule has 9 heteroatoms. The monoisotopic (exact) mass is 483 g/mol. The molecule has 0 atom stereocenters. The van der Waals surface area contributed by atoms with Crippen LogP contribution < -0.4 is 19.5 Å². The summed E-state index contributed by atoms with van der Waals surface area (Å²) in [6, 6.07) is 22.5. The predicted molar refractivity (Wildman–Crippen MR) is 136 cm³/mol. The average Bonchev–Trinajstić information content (AvgIpc) is 3.34. The van der Waals surface area contributed by atoms with Crippen LogP contribution in [-0.4, -0.2) is 52.6 Å². The normalized spacial score (nSPS) is 10.9. The fourth-order valence-corrected chi connectivity index (χ4v) is 3.94. The molecule has 182 valence electrons. The lowest BCUT2D eigenvalue weighted by Gasteiger charge is -2.14. The molecule has 0 saturated heterocycles. The van der Waals surface area contributed by atoms with E-state index in [2.05, 4.69) is 20.6 Å². The Kier molecular flexibility index (Phi) is 6.61. The van der Waals surface area contributed by atoms with Crippen LogP contribution in [0.4, 0.5) is 0 Å². The van der Waals surface area contributed by atoms with Crippen LogP contribution in [0.5, 0.6) is 17.4 Å². The largest absolute Gasteiger partial charge is 0.497 e. The molecule has 36 heavy (non-hydrogen) atoms. The van der Waals surface area contributed by atoms with Crippen LogP contribution in [-0.2, 0) is 0 Å². The molecule has 0 fully saturated rings. The van der Waals surface area contributed by atoms with Crippen LogP contribution >= 0.6 is 0 Å². The molecule has 5 rings (SSSR count). The first-order chi connectivity index (χ1) is 17.7. The predicted octanol–water partition coefficient (Wildman–Crippen LogP) is 4.16. The van der Waals surface area contributed by atoms with Crippen molar-refractivity contribution in [3.63, 3.8) is 0 Å². The third kappa shape index (κ3) is 4.63. The number of hydrogen-bond acceptors (Lipinski definition) is 7. The fraction of sp³-hybridized carbons (Fsp3) is 0.185. The number of nitrogens with zero attached hydrogens (tertiary/aromatic N) is 4. The second kappa shape index (κ2) is 10.3. The zero-order valence-corrected chi connectivity index (χ0v) is 20.0. The van der Waals surface area contributed by atoms with Gasteiger partial charge in [0.2, 0.25) is 5.88 Å². The molecule has 0 spiro atoms. The third-order valence-electron chi connectivity index (χ3n) is 5.64. The molecule has 2 aromatic heterocycles. The summed E-state index contributed by atoms with van der Waals surface area (Å²) in [6.07, 6.45) is 0. The van der Waals surface area contributed by atoms with Crippen LogP contribution in [0, 0.1) is 0 Å². The van der Waals surface area contributed by atoms with Crippen molar-refractivity contribution in [2.45, 2.75) is 6.92 Å². The van der Waals surface area contributed by atoms with E-state index in [4.69, 9.17) is 14.2 Å². The smallest absolute Gasteiger partial charge is 0.255 e. The summed E-state index contributed by atoms with van der Waals surface area (Å²) in [4.78, 5) is 13.1. The quantitative estimate of drug-likeness (QED) is 0.314. The number of aromatic nitrogens is 4. The summed E-state index contributed by atoms with van der Waals surface area (Å²) in [5.74, 6) is 2.07. The molecule has 0 saturated carbocycles. The Balaban J connectivity index is 1.27. The Bertz CT molecular complexity index is 1510. The van der Waals surface area contributed by atoms with Gasteiger partial charge in [0.1, 0.15) is 18.1 Å². The minimum Gasteiger partial charge on any atom is -0.497 e. The Morgan fingerprint density at radius 3 is 2.58 bits per heavy atom. The van der Waals surface area contributed by atoms with Gasteiger partial charge in [-0.1, -0.05) is 30.3 Å². The molecule has 5 aromatic rings. The standard InChI is InChI=1S/C27H25N5O4/c1-3-35-22-13-10-18-6-4-5-7-21(18)25(22)27(33)28-16-17-36-24-15-14-23-29-30-26(32(23)31-24)19-8-11-20(34-2)12-9-19/h4-15H,3,16-17H2,1-2H3,(H,28,33). The number of ether oxygens (including phenoxy) is 3. The summed E-state index contributed by atoms with van der Waals surface area (Å²) in [6.45, 7) is 2.89. The topological polar surface area (TPSA) is 99.9 Å². The molecule has 0 bridgehead atoms. The van der Waals surface area contributed by atoms with Gasteiger partial charge in [0, 0.05) is 11.6 Å². The summed E-state index contributed by atoms with van der Waals surface area (Å²) in [5, 5.41) is 17.7. The molecule has 0 unspecified atom stereocenters. The van der Waals surface area contributed by atoms with E-state index in [1.807, 2.05) is 67.6 Å². The van der Waals surface area contributed by atoms with Gasteiger partial charge in [0.25, 0.3) is 5.91 Å². The van der Waals surface area contributed by atoms with Crippen molar-refractivity contribution in [1.29, 1.82) is 0 Å². The van der Waals surface area contributed by atoms with E-state index < -0.39 is 0 Å². The molecule has 2 heterocycles. The van der Waals surface area contributed by atoms with Crippen molar-refractivity contribution in [3.05, 3.63) is 78.4 Å². The number of rotatable bonds is 9. The molecule has 1 N–H and O–H groups in total.